The Labute approximate surface area is 92.5 Å². The number of ether oxygens (including phenoxy) is 2. The third-order valence-corrected chi connectivity index (χ3v) is 3.78. The molecular formula is C12H23NO2. The van der Waals surface area contributed by atoms with Crippen molar-refractivity contribution in [2.75, 3.05) is 13.7 Å². The van der Waals surface area contributed by atoms with Gasteiger partial charge in [0.2, 0.25) is 0 Å². The Morgan fingerprint density at radius 3 is 2.53 bits per heavy atom. The number of rotatable bonds is 6. The molecule has 15 heavy (non-hydrogen) atoms. The topological polar surface area (TPSA) is 30.5 Å². The largest absolute Gasteiger partial charge is 0.377 e. The lowest BCUT2D eigenvalue weighted by Crippen LogP contribution is -2.60. The average Bonchev–Trinajstić information content (AvgIpc) is 2.95. The molecule has 0 heterocycles. The SMILES string of the molecule is CCOC1CC(NC2CC2CC)C1OC. The molecule has 2 aliphatic carbocycles. The van der Waals surface area contributed by atoms with E-state index in [1.165, 1.54) is 12.8 Å². The molecule has 0 saturated heterocycles. The van der Waals surface area contributed by atoms with Crippen LogP contribution in [0.2, 0.25) is 0 Å². The van der Waals surface area contributed by atoms with Crippen LogP contribution in [0.5, 0.6) is 0 Å². The van der Waals surface area contributed by atoms with Crippen LogP contribution in [-0.2, 0) is 9.47 Å². The predicted molar refractivity (Wildman–Crippen MR) is 59.9 cm³/mol. The second kappa shape index (κ2) is 4.81. The lowest BCUT2D eigenvalue weighted by atomic mass is 9.85. The lowest BCUT2D eigenvalue weighted by molar-refractivity contribution is -0.131. The van der Waals surface area contributed by atoms with E-state index in [1.807, 2.05) is 6.92 Å². The van der Waals surface area contributed by atoms with Crippen molar-refractivity contribution in [1.82, 2.24) is 5.32 Å². The van der Waals surface area contributed by atoms with Crippen LogP contribution < -0.4 is 5.32 Å². The van der Waals surface area contributed by atoms with Crippen LogP contribution >= 0.6 is 0 Å². The number of methoxy groups -OCH3 is 1. The summed E-state index contributed by atoms with van der Waals surface area (Å²) < 4.78 is 11.1. The fourth-order valence-corrected chi connectivity index (χ4v) is 2.62. The van der Waals surface area contributed by atoms with Gasteiger partial charge in [0, 0.05) is 25.8 Å². The van der Waals surface area contributed by atoms with Gasteiger partial charge in [0.1, 0.15) is 0 Å². The molecule has 3 heteroatoms. The highest BCUT2D eigenvalue weighted by atomic mass is 16.5. The van der Waals surface area contributed by atoms with E-state index in [-0.39, 0.29) is 6.10 Å². The Morgan fingerprint density at radius 1 is 1.20 bits per heavy atom. The van der Waals surface area contributed by atoms with Crippen molar-refractivity contribution >= 4 is 0 Å². The van der Waals surface area contributed by atoms with Gasteiger partial charge in [-0.25, -0.2) is 0 Å². The van der Waals surface area contributed by atoms with Crippen LogP contribution in [0.1, 0.15) is 33.1 Å². The zero-order chi connectivity index (χ0) is 10.8. The second-order valence-electron chi connectivity index (χ2n) is 4.71. The summed E-state index contributed by atoms with van der Waals surface area (Å²) in [6, 6.07) is 1.27. The third kappa shape index (κ3) is 2.35. The van der Waals surface area contributed by atoms with Crippen LogP contribution in [-0.4, -0.2) is 38.0 Å². The Morgan fingerprint density at radius 2 is 2.00 bits per heavy atom. The average molecular weight is 213 g/mol. The maximum atomic E-state index is 5.60. The van der Waals surface area contributed by atoms with Crippen LogP contribution in [0.3, 0.4) is 0 Å². The quantitative estimate of drug-likeness (QED) is 0.726. The summed E-state index contributed by atoms with van der Waals surface area (Å²) in [5.74, 6) is 0.911. The van der Waals surface area contributed by atoms with Crippen molar-refractivity contribution in [3.63, 3.8) is 0 Å². The predicted octanol–water partition coefficient (Wildman–Crippen LogP) is 1.57. The van der Waals surface area contributed by atoms with Crippen molar-refractivity contribution < 1.29 is 9.47 Å². The molecule has 0 amide bonds. The lowest BCUT2D eigenvalue weighted by Gasteiger charge is -2.43. The van der Waals surface area contributed by atoms with E-state index >= 15 is 0 Å². The Balaban J connectivity index is 1.71. The Kier molecular flexibility index (Phi) is 3.65. The molecule has 0 radical (unpaired) electrons. The minimum Gasteiger partial charge on any atom is -0.377 e. The van der Waals surface area contributed by atoms with Gasteiger partial charge in [-0.1, -0.05) is 13.3 Å². The molecule has 2 fully saturated rings. The highest BCUT2D eigenvalue weighted by Gasteiger charge is 2.46. The normalized spacial score (nSPS) is 43.8. The van der Waals surface area contributed by atoms with Crippen LogP contribution in [0.25, 0.3) is 0 Å². The first-order valence-corrected chi connectivity index (χ1v) is 6.20. The number of nitrogens with one attached hydrogen (secondary N) is 1. The number of hydrogen-bond acceptors (Lipinski definition) is 3. The fraction of sp³-hybridized carbons (Fsp3) is 1.00. The van der Waals surface area contributed by atoms with Gasteiger partial charge >= 0.3 is 0 Å². The molecule has 5 atom stereocenters. The van der Waals surface area contributed by atoms with E-state index < -0.39 is 0 Å². The maximum Gasteiger partial charge on any atom is 0.0986 e. The van der Waals surface area contributed by atoms with Gasteiger partial charge in [-0.15, -0.1) is 0 Å². The molecule has 0 aromatic heterocycles. The molecular weight excluding hydrogens is 190 g/mol. The molecule has 1 N–H and O–H groups in total. The van der Waals surface area contributed by atoms with E-state index in [4.69, 9.17) is 9.47 Å². The van der Waals surface area contributed by atoms with Crippen molar-refractivity contribution in [2.45, 2.75) is 57.4 Å². The van der Waals surface area contributed by atoms with Gasteiger partial charge in [0.15, 0.2) is 0 Å². The monoisotopic (exact) mass is 213 g/mol. The zero-order valence-corrected chi connectivity index (χ0v) is 10.0. The summed E-state index contributed by atoms with van der Waals surface area (Å²) >= 11 is 0. The van der Waals surface area contributed by atoms with E-state index in [0.29, 0.717) is 12.1 Å². The minimum atomic E-state index is 0.267. The second-order valence-corrected chi connectivity index (χ2v) is 4.71. The molecule has 0 bridgehead atoms. The molecule has 0 aromatic carbocycles. The smallest absolute Gasteiger partial charge is 0.0986 e. The van der Waals surface area contributed by atoms with Gasteiger partial charge in [0.25, 0.3) is 0 Å². The molecule has 0 spiro atoms. The first-order valence-electron chi connectivity index (χ1n) is 6.20. The van der Waals surface area contributed by atoms with E-state index in [9.17, 15) is 0 Å². The van der Waals surface area contributed by atoms with Gasteiger partial charge in [-0.2, -0.15) is 0 Å². The van der Waals surface area contributed by atoms with E-state index in [0.717, 1.165) is 25.0 Å². The van der Waals surface area contributed by atoms with Gasteiger partial charge in [-0.05, 0) is 25.7 Å². The molecule has 2 rings (SSSR count). The first kappa shape index (κ1) is 11.4. The minimum absolute atomic E-state index is 0.267. The summed E-state index contributed by atoms with van der Waals surface area (Å²) in [6.45, 7) is 5.10. The van der Waals surface area contributed by atoms with Crippen molar-refractivity contribution in [3.05, 3.63) is 0 Å². The third-order valence-electron chi connectivity index (χ3n) is 3.78. The molecule has 88 valence electrons. The van der Waals surface area contributed by atoms with Crippen LogP contribution in [0.4, 0.5) is 0 Å². The standard InChI is InChI=1S/C12H23NO2/c1-4-8-6-9(8)13-10-7-11(15-5-2)12(10)14-3/h8-13H,4-7H2,1-3H3. The Bertz CT molecular complexity index is 210. The summed E-state index contributed by atoms with van der Waals surface area (Å²) in [6.07, 6.45) is 4.35. The molecule has 0 aliphatic heterocycles. The molecule has 5 unspecified atom stereocenters. The zero-order valence-electron chi connectivity index (χ0n) is 10.0. The molecule has 0 aromatic rings. The maximum absolute atomic E-state index is 5.60. The van der Waals surface area contributed by atoms with Crippen molar-refractivity contribution in [2.24, 2.45) is 5.92 Å². The van der Waals surface area contributed by atoms with Crippen LogP contribution in [0.15, 0.2) is 0 Å². The summed E-state index contributed by atoms with van der Waals surface area (Å²) in [5.41, 5.74) is 0. The van der Waals surface area contributed by atoms with E-state index in [1.54, 1.807) is 7.11 Å². The molecule has 2 aliphatic rings. The number of hydrogen-bond donors (Lipinski definition) is 1. The van der Waals surface area contributed by atoms with Gasteiger partial charge in [0.05, 0.1) is 12.2 Å². The Hall–Kier alpha value is -0.120. The summed E-state index contributed by atoms with van der Waals surface area (Å²) in [5, 5.41) is 3.68. The highest BCUT2D eigenvalue weighted by molar-refractivity contribution is 5.03. The highest BCUT2D eigenvalue weighted by Crippen LogP contribution is 2.36. The van der Waals surface area contributed by atoms with Crippen molar-refractivity contribution in [1.29, 1.82) is 0 Å². The summed E-state index contributed by atoms with van der Waals surface area (Å²) in [4.78, 5) is 0. The van der Waals surface area contributed by atoms with E-state index in [2.05, 4.69) is 12.2 Å². The van der Waals surface area contributed by atoms with Crippen LogP contribution in [0, 0.1) is 5.92 Å². The molecule has 3 nitrogen and oxygen atoms in total. The van der Waals surface area contributed by atoms with Crippen molar-refractivity contribution in [3.8, 4) is 0 Å². The fourth-order valence-electron chi connectivity index (χ4n) is 2.62. The summed E-state index contributed by atoms with van der Waals surface area (Å²) in [7, 11) is 1.79. The first-order chi connectivity index (χ1) is 7.30. The van der Waals surface area contributed by atoms with Gasteiger partial charge in [-0.3, -0.25) is 0 Å². The van der Waals surface area contributed by atoms with Gasteiger partial charge < -0.3 is 14.8 Å². The molecule has 2 saturated carbocycles.